The fourth-order valence-corrected chi connectivity index (χ4v) is 1.57. The van der Waals surface area contributed by atoms with Crippen LogP contribution in [0, 0.1) is 5.92 Å². The summed E-state index contributed by atoms with van der Waals surface area (Å²) in [5, 5.41) is 0. The summed E-state index contributed by atoms with van der Waals surface area (Å²) >= 11 is 0. The zero-order valence-corrected chi connectivity index (χ0v) is 6.75. The highest BCUT2D eigenvalue weighted by Gasteiger charge is 2.07. The molecule has 0 amide bonds. The normalized spacial score (nSPS) is 21.4. The van der Waals surface area contributed by atoms with E-state index in [9.17, 15) is 0 Å². The van der Waals surface area contributed by atoms with Crippen molar-refractivity contribution >= 4 is 6.08 Å². The van der Waals surface area contributed by atoms with Crippen LogP contribution in [0.5, 0.6) is 0 Å². The van der Waals surface area contributed by atoms with Crippen molar-refractivity contribution in [3.63, 3.8) is 0 Å². The Balaban J connectivity index is 2.46. The molecule has 0 radical (unpaired) electrons. The lowest BCUT2D eigenvalue weighted by Crippen LogP contribution is -2.02. The van der Waals surface area contributed by atoms with Crippen LogP contribution in [0.1, 0.15) is 18.1 Å². The molecule has 1 aromatic carbocycles. The molecule has 0 aromatic heterocycles. The molecule has 11 heavy (non-hydrogen) atoms. The molecule has 0 N–H and O–H groups in total. The first-order chi connectivity index (χ1) is 5.36. The third kappa shape index (κ3) is 1.21. The molecule has 0 heterocycles. The molecule has 0 aliphatic heterocycles. The lowest BCUT2D eigenvalue weighted by atomic mass is 9.91. The van der Waals surface area contributed by atoms with E-state index in [-0.39, 0.29) is 0 Å². The predicted molar refractivity (Wildman–Crippen MR) is 48.3 cm³/mol. The van der Waals surface area contributed by atoms with Crippen LogP contribution in [0.15, 0.2) is 30.3 Å². The van der Waals surface area contributed by atoms with Gasteiger partial charge in [-0.1, -0.05) is 43.3 Å². The molecule has 1 atom stereocenters. The second-order valence-corrected chi connectivity index (χ2v) is 3.24. The minimum Gasteiger partial charge on any atom is -0.0808 e. The summed E-state index contributed by atoms with van der Waals surface area (Å²) < 4.78 is 0. The third-order valence-electron chi connectivity index (χ3n) is 2.20. The molecule has 0 heteroatoms. The fraction of sp³-hybridized carbons (Fsp3) is 0.273. The summed E-state index contributed by atoms with van der Waals surface area (Å²) in [7, 11) is 0. The molecule has 2 rings (SSSR count). The van der Waals surface area contributed by atoms with Gasteiger partial charge in [0.15, 0.2) is 0 Å². The van der Waals surface area contributed by atoms with Gasteiger partial charge in [0.2, 0.25) is 0 Å². The molecule has 1 aromatic rings. The fourth-order valence-electron chi connectivity index (χ4n) is 1.57. The van der Waals surface area contributed by atoms with Gasteiger partial charge in [0.25, 0.3) is 0 Å². The van der Waals surface area contributed by atoms with E-state index in [0.717, 1.165) is 0 Å². The Morgan fingerprint density at radius 2 is 2.09 bits per heavy atom. The van der Waals surface area contributed by atoms with Crippen molar-refractivity contribution in [1.29, 1.82) is 0 Å². The molecule has 0 saturated carbocycles. The maximum Gasteiger partial charge on any atom is -0.0212 e. The average molecular weight is 144 g/mol. The van der Waals surface area contributed by atoms with E-state index in [1.165, 1.54) is 17.5 Å². The van der Waals surface area contributed by atoms with Crippen molar-refractivity contribution in [1.82, 2.24) is 0 Å². The molecule has 0 spiro atoms. The molecule has 0 bridgehead atoms. The van der Waals surface area contributed by atoms with Crippen molar-refractivity contribution < 1.29 is 0 Å². The molecular weight excluding hydrogens is 132 g/mol. The van der Waals surface area contributed by atoms with Gasteiger partial charge in [0.1, 0.15) is 0 Å². The van der Waals surface area contributed by atoms with E-state index in [1.54, 1.807) is 0 Å². The van der Waals surface area contributed by atoms with Gasteiger partial charge in [-0.05, 0) is 23.5 Å². The van der Waals surface area contributed by atoms with Gasteiger partial charge in [0.05, 0.1) is 0 Å². The minimum absolute atomic E-state index is 0.713. The highest BCUT2D eigenvalue weighted by molar-refractivity contribution is 5.56. The Hall–Kier alpha value is -1.04. The van der Waals surface area contributed by atoms with Crippen molar-refractivity contribution in [3.05, 3.63) is 41.5 Å². The van der Waals surface area contributed by atoms with Gasteiger partial charge in [-0.25, -0.2) is 0 Å². The Labute approximate surface area is 67.6 Å². The number of rotatable bonds is 0. The Bertz CT molecular complexity index is 284. The predicted octanol–water partition coefficient (Wildman–Crippen LogP) is 2.89. The standard InChI is InChI=1S/C11H12/c1-9-6-7-10-4-2-3-5-11(10)8-9/h2-7,9H,8H2,1H3. The van der Waals surface area contributed by atoms with Crippen LogP contribution in [0.25, 0.3) is 6.08 Å². The van der Waals surface area contributed by atoms with Crippen LogP contribution >= 0.6 is 0 Å². The Morgan fingerprint density at radius 1 is 1.27 bits per heavy atom. The van der Waals surface area contributed by atoms with Crippen LogP contribution in [0.3, 0.4) is 0 Å². The second kappa shape index (κ2) is 2.54. The van der Waals surface area contributed by atoms with Gasteiger partial charge in [0, 0.05) is 0 Å². The molecule has 1 aliphatic rings. The van der Waals surface area contributed by atoms with E-state index < -0.39 is 0 Å². The topological polar surface area (TPSA) is 0 Å². The second-order valence-electron chi connectivity index (χ2n) is 3.24. The molecule has 1 aliphatic carbocycles. The van der Waals surface area contributed by atoms with Gasteiger partial charge in [-0.2, -0.15) is 0 Å². The van der Waals surface area contributed by atoms with Crippen LogP contribution in [-0.2, 0) is 6.42 Å². The highest BCUT2D eigenvalue weighted by Crippen LogP contribution is 2.21. The van der Waals surface area contributed by atoms with Crippen LogP contribution in [0.4, 0.5) is 0 Å². The maximum absolute atomic E-state index is 2.28. The third-order valence-corrected chi connectivity index (χ3v) is 2.20. The van der Waals surface area contributed by atoms with Gasteiger partial charge >= 0.3 is 0 Å². The summed E-state index contributed by atoms with van der Waals surface area (Å²) in [4.78, 5) is 0. The Kier molecular flexibility index (Phi) is 1.54. The summed E-state index contributed by atoms with van der Waals surface area (Å²) in [6, 6.07) is 8.61. The SMILES string of the molecule is CC1C=Cc2ccccc2C1. The molecule has 56 valence electrons. The van der Waals surface area contributed by atoms with Gasteiger partial charge in [-0.15, -0.1) is 0 Å². The zero-order chi connectivity index (χ0) is 7.68. The van der Waals surface area contributed by atoms with Gasteiger partial charge < -0.3 is 0 Å². The highest BCUT2D eigenvalue weighted by atomic mass is 14.1. The number of benzene rings is 1. The first-order valence-electron chi connectivity index (χ1n) is 4.12. The van der Waals surface area contributed by atoms with E-state index in [0.29, 0.717) is 5.92 Å². The summed E-state index contributed by atoms with van der Waals surface area (Å²) in [5.74, 6) is 0.713. The van der Waals surface area contributed by atoms with Crippen molar-refractivity contribution in [3.8, 4) is 0 Å². The zero-order valence-electron chi connectivity index (χ0n) is 6.75. The number of hydrogen-bond acceptors (Lipinski definition) is 0. The monoisotopic (exact) mass is 144 g/mol. The van der Waals surface area contributed by atoms with E-state index >= 15 is 0 Å². The number of fused-ring (bicyclic) bond motifs is 1. The largest absolute Gasteiger partial charge is 0.0808 e. The maximum atomic E-state index is 2.28. The van der Waals surface area contributed by atoms with E-state index in [4.69, 9.17) is 0 Å². The first-order valence-corrected chi connectivity index (χ1v) is 4.12. The number of hydrogen-bond donors (Lipinski definition) is 0. The van der Waals surface area contributed by atoms with E-state index in [1.807, 2.05) is 0 Å². The van der Waals surface area contributed by atoms with Crippen molar-refractivity contribution in [2.24, 2.45) is 5.92 Å². The summed E-state index contributed by atoms with van der Waals surface area (Å²) in [5.41, 5.74) is 2.88. The molecular formula is C11H12. The lowest BCUT2D eigenvalue weighted by Gasteiger charge is -2.14. The quantitative estimate of drug-likeness (QED) is 0.525. The first kappa shape index (κ1) is 6.66. The van der Waals surface area contributed by atoms with Crippen LogP contribution < -0.4 is 0 Å². The van der Waals surface area contributed by atoms with Crippen LogP contribution in [-0.4, -0.2) is 0 Å². The van der Waals surface area contributed by atoms with E-state index in [2.05, 4.69) is 43.3 Å². The average Bonchev–Trinajstić information content (AvgIpc) is 2.04. The lowest BCUT2D eigenvalue weighted by molar-refractivity contribution is 0.717. The summed E-state index contributed by atoms with van der Waals surface area (Å²) in [6.07, 6.45) is 5.71. The van der Waals surface area contributed by atoms with Crippen molar-refractivity contribution in [2.45, 2.75) is 13.3 Å². The van der Waals surface area contributed by atoms with Crippen molar-refractivity contribution in [2.75, 3.05) is 0 Å². The molecule has 1 unspecified atom stereocenters. The molecule has 0 saturated heterocycles. The minimum atomic E-state index is 0.713. The molecule has 0 fully saturated rings. The Morgan fingerprint density at radius 3 is 3.00 bits per heavy atom. The van der Waals surface area contributed by atoms with Crippen LogP contribution in [0.2, 0.25) is 0 Å². The molecule has 0 nitrogen and oxygen atoms in total. The smallest absolute Gasteiger partial charge is 0.0212 e. The van der Waals surface area contributed by atoms with Gasteiger partial charge in [-0.3, -0.25) is 0 Å². The summed E-state index contributed by atoms with van der Waals surface area (Å²) in [6.45, 7) is 2.26. The number of allylic oxidation sites excluding steroid dienone is 1.